The third kappa shape index (κ3) is 3.19. The standard InChI is InChI=1S/C21H18N2O3S/c1-26-17-13-11-16(12-14-17)15-21-22-19-9-5-6-10-20(19)23(21)27(24,25)18-7-3-2-4-8-18/h2-14H,15H2,1H3. The molecule has 4 aromatic rings. The summed E-state index contributed by atoms with van der Waals surface area (Å²) in [6.07, 6.45) is 0.394. The van der Waals surface area contributed by atoms with Gasteiger partial charge in [0.1, 0.15) is 11.6 Å². The van der Waals surface area contributed by atoms with E-state index in [0.717, 1.165) is 11.3 Å². The number of benzene rings is 3. The quantitative estimate of drug-likeness (QED) is 0.529. The van der Waals surface area contributed by atoms with Crippen LogP contribution in [0.5, 0.6) is 5.75 Å². The molecule has 0 aliphatic carbocycles. The van der Waals surface area contributed by atoms with E-state index in [-0.39, 0.29) is 4.90 Å². The van der Waals surface area contributed by atoms with Crippen molar-refractivity contribution in [1.29, 1.82) is 0 Å². The van der Waals surface area contributed by atoms with Crippen molar-refractivity contribution in [2.24, 2.45) is 0 Å². The molecule has 0 radical (unpaired) electrons. The molecule has 3 aromatic carbocycles. The average Bonchev–Trinajstić information content (AvgIpc) is 3.08. The molecule has 0 spiro atoms. The zero-order chi connectivity index (χ0) is 18.9. The molecular formula is C21H18N2O3S. The van der Waals surface area contributed by atoms with Crippen LogP contribution in [0.15, 0.2) is 83.8 Å². The van der Waals surface area contributed by atoms with Crippen LogP contribution in [0.1, 0.15) is 11.4 Å². The summed E-state index contributed by atoms with van der Waals surface area (Å²) in [6.45, 7) is 0. The Hall–Kier alpha value is -3.12. The van der Waals surface area contributed by atoms with E-state index in [1.165, 1.54) is 3.97 Å². The number of aromatic nitrogens is 2. The smallest absolute Gasteiger partial charge is 0.269 e. The van der Waals surface area contributed by atoms with Crippen molar-refractivity contribution in [3.05, 3.63) is 90.3 Å². The van der Waals surface area contributed by atoms with E-state index in [0.29, 0.717) is 23.3 Å². The molecule has 6 heteroatoms. The van der Waals surface area contributed by atoms with E-state index in [2.05, 4.69) is 4.98 Å². The summed E-state index contributed by atoms with van der Waals surface area (Å²) >= 11 is 0. The molecular weight excluding hydrogens is 360 g/mol. The Labute approximate surface area is 157 Å². The lowest BCUT2D eigenvalue weighted by atomic mass is 10.1. The van der Waals surface area contributed by atoms with Crippen molar-refractivity contribution < 1.29 is 13.2 Å². The van der Waals surface area contributed by atoms with Gasteiger partial charge in [-0.25, -0.2) is 17.4 Å². The second-order valence-corrected chi connectivity index (χ2v) is 7.91. The summed E-state index contributed by atoms with van der Waals surface area (Å²) in [6, 6.07) is 23.2. The van der Waals surface area contributed by atoms with Crippen LogP contribution in [-0.4, -0.2) is 24.5 Å². The molecule has 0 aliphatic rings. The first-order valence-corrected chi connectivity index (χ1v) is 9.93. The van der Waals surface area contributed by atoms with E-state index in [1.807, 2.05) is 42.5 Å². The number of hydrogen-bond acceptors (Lipinski definition) is 4. The van der Waals surface area contributed by atoms with Gasteiger partial charge in [0.15, 0.2) is 0 Å². The topological polar surface area (TPSA) is 61.2 Å². The first-order chi connectivity index (χ1) is 13.1. The third-order valence-electron chi connectivity index (χ3n) is 4.39. The minimum absolute atomic E-state index is 0.240. The maximum atomic E-state index is 13.3. The summed E-state index contributed by atoms with van der Waals surface area (Å²) in [7, 11) is -2.14. The molecule has 1 heterocycles. The molecule has 0 bridgehead atoms. The zero-order valence-electron chi connectivity index (χ0n) is 14.7. The fraction of sp³-hybridized carbons (Fsp3) is 0.0952. The molecule has 0 N–H and O–H groups in total. The summed E-state index contributed by atoms with van der Waals surface area (Å²) in [5.41, 5.74) is 2.18. The Morgan fingerprint density at radius 2 is 1.56 bits per heavy atom. The van der Waals surface area contributed by atoms with Gasteiger partial charge < -0.3 is 4.74 Å². The number of ether oxygens (including phenoxy) is 1. The lowest BCUT2D eigenvalue weighted by molar-refractivity contribution is 0.414. The predicted octanol–water partition coefficient (Wildman–Crippen LogP) is 3.87. The van der Waals surface area contributed by atoms with E-state index in [1.54, 1.807) is 43.5 Å². The molecule has 0 saturated heterocycles. The van der Waals surface area contributed by atoms with Crippen LogP contribution in [0.4, 0.5) is 0 Å². The molecule has 136 valence electrons. The first-order valence-electron chi connectivity index (χ1n) is 8.49. The summed E-state index contributed by atoms with van der Waals surface area (Å²) in [5, 5.41) is 0. The number of imidazole rings is 1. The minimum Gasteiger partial charge on any atom is -0.497 e. The van der Waals surface area contributed by atoms with Gasteiger partial charge in [0.25, 0.3) is 10.0 Å². The molecule has 5 nitrogen and oxygen atoms in total. The summed E-state index contributed by atoms with van der Waals surface area (Å²) in [5.74, 6) is 1.23. The second kappa shape index (κ2) is 6.89. The highest BCUT2D eigenvalue weighted by molar-refractivity contribution is 7.90. The number of fused-ring (bicyclic) bond motifs is 1. The van der Waals surface area contributed by atoms with Crippen LogP contribution in [0, 0.1) is 0 Å². The molecule has 27 heavy (non-hydrogen) atoms. The third-order valence-corrected chi connectivity index (χ3v) is 6.14. The van der Waals surface area contributed by atoms with Crippen LogP contribution in [0.25, 0.3) is 11.0 Å². The van der Waals surface area contributed by atoms with Crippen LogP contribution >= 0.6 is 0 Å². The lowest BCUT2D eigenvalue weighted by Crippen LogP contribution is -2.16. The Morgan fingerprint density at radius 1 is 0.889 bits per heavy atom. The van der Waals surface area contributed by atoms with Gasteiger partial charge in [-0.3, -0.25) is 0 Å². The van der Waals surface area contributed by atoms with Crippen molar-refractivity contribution in [1.82, 2.24) is 8.96 Å². The van der Waals surface area contributed by atoms with Gasteiger partial charge in [0.05, 0.1) is 23.0 Å². The molecule has 0 amide bonds. The molecule has 0 aliphatic heterocycles. The van der Waals surface area contributed by atoms with Crippen LogP contribution < -0.4 is 4.74 Å². The van der Waals surface area contributed by atoms with Crippen LogP contribution in [0.3, 0.4) is 0 Å². The highest BCUT2D eigenvalue weighted by Gasteiger charge is 2.24. The SMILES string of the molecule is COc1ccc(Cc2nc3ccccc3n2S(=O)(=O)c2ccccc2)cc1. The van der Waals surface area contributed by atoms with E-state index < -0.39 is 10.0 Å². The second-order valence-electron chi connectivity index (χ2n) is 6.12. The molecule has 0 fully saturated rings. The minimum atomic E-state index is -3.76. The number of hydrogen-bond donors (Lipinski definition) is 0. The largest absolute Gasteiger partial charge is 0.497 e. The highest BCUT2D eigenvalue weighted by atomic mass is 32.2. The summed E-state index contributed by atoms with van der Waals surface area (Å²) in [4.78, 5) is 4.83. The first kappa shape index (κ1) is 17.3. The predicted molar refractivity (Wildman–Crippen MR) is 105 cm³/mol. The van der Waals surface area contributed by atoms with Gasteiger partial charge in [-0.15, -0.1) is 0 Å². The van der Waals surface area contributed by atoms with Gasteiger partial charge in [-0.05, 0) is 42.0 Å². The fourth-order valence-electron chi connectivity index (χ4n) is 3.06. The van der Waals surface area contributed by atoms with Gasteiger partial charge in [0.2, 0.25) is 0 Å². The Bertz CT molecular complexity index is 1180. The van der Waals surface area contributed by atoms with Gasteiger partial charge in [-0.2, -0.15) is 0 Å². The number of rotatable bonds is 5. The number of nitrogens with zero attached hydrogens (tertiary/aromatic N) is 2. The van der Waals surface area contributed by atoms with E-state index in [9.17, 15) is 8.42 Å². The van der Waals surface area contributed by atoms with Crippen molar-refractivity contribution >= 4 is 21.1 Å². The zero-order valence-corrected chi connectivity index (χ0v) is 15.6. The summed E-state index contributed by atoms with van der Waals surface area (Å²) < 4.78 is 33.2. The van der Waals surface area contributed by atoms with Crippen LogP contribution in [0.2, 0.25) is 0 Å². The molecule has 0 atom stereocenters. The van der Waals surface area contributed by atoms with Gasteiger partial charge in [0, 0.05) is 6.42 Å². The highest BCUT2D eigenvalue weighted by Crippen LogP contribution is 2.25. The van der Waals surface area contributed by atoms with Gasteiger partial charge >= 0.3 is 0 Å². The molecule has 0 unspecified atom stereocenters. The Kier molecular flexibility index (Phi) is 4.41. The van der Waals surface area contributed by atoms with E-state index in [4.69, 9.17) is 4.74 Å². The number of methoxy groups -OCH3 is 1. The van der Waals surface area contributed by atoms with Crippen molar-refractivity contribution in [2.45, 2.75) is 11.3 Å². The van der Waals surface area contributed by atoms with Gasteiger partial charge in [-0.1, -0.05) is 42.5 Å². The Morgan fingerprint density at radius 3 is 2.26 bits per heavy atom. The lowest BCUT2D eigenvalue weighted by Gasteiger charge is -2.11. The average molecular weight is 378 g/mol. The fourth-order valence-corrected chi connectivity index (χ4v) is 4.57. The van der Waals surface area contributed by atoms with Crippen molar-refractivity contribution in [3.8, 4) is 5.75 Å². The van der Waals surface area contributed by atoms with Crippen molar-refractivity contribution in [2.75, 3.05) is 7.11 Å². The maximum absolute atomic E-state index is 13.3. The maximum Gasteiger partial charge on any atom is 0.269 e. The molecule has 1 aromatic heterocycles. The normalized spacial score (nSPS) is 11.6. The Balaban J connectivity index is 1.87. The van der Waals surface area contributed by atoms with E-state index >= 15 is 0 Å². The van der Waals surface area contributed by atoms with Crippen molar-refractivity contribution in [3.63, 3.8) is 0 Å². The number of para-hydroxylation sites is 2. The molecule has 4 rings (SSSR count). The monoisotopic (exact) mass is 378 g/mol. The van der Waals surface area contributed by atoms with Crippen LogP contribution in [-0.2, 0) is 16.4 Å². The molecule has 0 saturated carbocycles.